The summed E-state index contributed by atoms with van der Waals surface area (Å²) >= 11 is 0.370. The van der Waals surface area contributed by atoms with Crippen molar-refractivity contribution < 1.29 is 18.0 Å². The lowest BCUT2D eigenvalue weighted by Crippen LogP contribution is -2.22. The number of alkyl halides is 3. The Morgan fingerprint density at radius 1 is 1.29 bits per heavy atom. The van der Waals surface area contributed by atoms with Crippen molar-refractivity contribution in [1.82, 2.24) is 15.0 Å². The fourth-order valence-corrected chi connectivity index (χ4v) is 2.03. The lowest BCUT2D eigenvalue weighted by atomic mass is 10.1. The molecule has 0 unspecified atom stereocenters. The molecule has 0 atom stereocenters. The third-order valence-electron chi connectivity index (χ3n) is 2.48. The zero-order valence-electron chi connectivity index (χ0n) is 10.7. The van der Waals surface area contributed by atoms with Gasteiger partial charge in [0.2, 0.25) is 0 Å². The molecule has 0 saturated heterocycles. The quantitative estimate of drug-likeness (QED) is 0.699. The first kappa shape index (κ1) is 15.1. The number of nitrogens with one attached hydrogen (secondary N) is 1. The molecule has 1 aromatic carbocycles. The minimum atomic E-state index is -4.72. The summed E-state index contributed by atoms with van der Waals surface area (Å²) in [7, 11) is 0. The lowest BCUT2D eigenvalue weighted by Gasteiger charge is -2.04. The smallest absolute Gasteiger partial charge is 0.266 e. The molecule has 0 aliphatic heterocycles. The summed E-state index contributed by atoms with van der Waals surface area (Å²) in [5.74, 6) is -0.993. The monoisotopic (exact) mass is 314 g/mol. The number of hydrazone groups is 1. The molecule has 0 spiro atoms. The second kappa shape index (κ2) is 6.00. The van der Waals surface area contributed by atoms with Crippen LogP contribution in [0.2, 0.25) is 0 Å². The molecule has 1 heterocycles. The Bertz CT molecular complexity index is 667. The van der Waals surface area contributed by atoms with Crippen molar-refractivity contribution in [3.05, 3.63) is 46.5 Å². The van der Waals surface area contributed by atoms with E-state index in [9.17, 15) is 18.0 Å². The summed E-state index contributed by atoms with van der Waals surface area (Å²) in [6, 6.07) is 8.91. The molecule has 0 radical (unpaired) electrons. The van der Waals surface area contributed by atoms with Crippen LogP contribution in [0.4, 0.5) is 13.2 Å². The van der Waals surface area contributed by atoms with Crippen LogP contribution >= 0.6 is 11.5 Å². The molecule has 2 rings (SSSR count). The Hall–Kier alpha value is -2.29. The van der Waals surface area contributed by atoms with Crippen LogP contribution in [-0.4, -0.2) is 21.2 Å². The molecule has 110 valence electrons. The first-order valence-electron chi connectivity index (χ1n) is 5.69. The Morgan fingerprint density at radius 3 is 2.57 bits per heavy atom. The average Bonchev–Trinajstić information content (AvgIpc) is 2.95. The molecular weight excluding hydrogens is 305 g/mol. The van der Waals surface area contributed by atoms with E-state index in [4.69, 9.17) is 0 Å². The summed E-state index contributed by atoms with van der Waals surface area (Å²) in [5, 5.41) is 6.70. The number of carbonyl (C=O) groups excluding carboxylic acids is 1. The van der Waals surface area contributed by atoms with E-state index >= 15 is 0 Å². The number of carbonyl (C=O) groups is 1. The average molecular weight is 314 g/mol. The zero-order chi connectivity index (χ0) is 15.5. The van der Waals surface area contributed by atoms with Gasteiger partial charge in [-0.05, 0) is 24.0 Å². The van der Waals surface area contributed by atoms with E-state index in [1.54, 1.807) is 31.2 Å². The normalized spacial score (nSPS) is 12.3. The number of benzene rings is 1. The second-order valence-corrected chi connectivity index (χ2v) is 4.71. The van der Waals surface area contributed by atoms with Crippen LogP contribution in [0.15, 0.2) is 35.4 Å². The van der Waals surface area contributed by atoms with Crippen molar-refractivity contribution in [1.29, 1.82) is 0 Å². The highest BCUT2D eigenvalue weighted by Gasteiger charge is 2.39. The predicted octanol–water partition coefficient (Wildman–Crippen LogP) is 2.71. The maximum atomic E-state index is 12.6. The van der Waals surface area contributed by atoms with Gasteiger partial charge in [0.05, 0.1) is 5.71 Å². The fourth-order valence-electron chi connectivity index (χ4n) is 1.45. The fraction of sp³-hybridized carbons (Fsp3) is 0.167. The highest BCUT2D eigenvalue weighted by Crippen LogP contribution is 2.31. The summed E-state index contributed by atoms with van der Waals surface area (Å²) in [6.45, 7) is 1.63. The summed E-state index contributed by atoms with van der Waals surface area (Å²) in [5.41, 5.74) is 1.98. The first-order chi connectivity index (χ1) is 9.89. The number of amides is 1. The number of rotatable bonds is 3. The largest absolute Gasteiger partial charge is 0.436 e. The van der Waals surface area contributed by atoms with Gasteiger partial charge in [0.15, 0.2) is 5.69 Å². The van der Waals surface area contributed by atoms with E-state index in [-0.39, 0.29) is 0 Å². The van der Waals surface area contributed by atoms with Gasteiger partial charge in [-0.25, -0.2) is 5.43 Å². The Kier molecular flexibility index (Phi) is 4.32. The van der Waals surface area contributed by atoms with Crippen molar-refractivity contribution >= 4 is 23.2 Å². The van der Waals surface area contributed by atoms with Gasteiger partial charge in [-0.15, -0.1) is 5.10 Å². The standard InChI is InChI=1S/C12H9F3N4OS/c1-7(8-5-3-2-4-6-8)16-18-11(20)9-10(12(13,14)15)17-19-21-9/h2-6H,1H3,(H,18,20)/b16-7+. The minimum absolute atomic E-state index is 0.370. The third kappa shape index (κ3) is 3.63. The van der Waals surface area contributed by atoms with E-state index in [1.165, 1.54) is 0 Å². The maximum absolute atomic E-state index is 12.6. The van der Waals surface area contributed by atoms with Gasteiger partial charge in [-0.2, -0.15) is 18.3 Å². The molecule has 9 heteroatoms. The van der Waals surface area contributed by atoms with Gasteiger partial charge in [0, 0.05) is 0 Å². The molecule has 1 N–H and O–H groups in total. The molecule has 21 heavy (non-hydrogen) atoms. The molecule has 0 fully saturated rings. The lowest BCUT2D eigenvalue weighted by molar-refractivity contribution is -0.141. The Morgan fingerprint density at radius 2 is 1.95 bits per heavy atom. The molecule has 0 bridgehead atoms. The van der Waals surface area contributed by atoms with Crippen molar-refractivity contribution in [2.75, 3.05) is 0 Å². The summed E-state index contributed by atoms with van der Waals surface area (Å²) < 4.78 is 40.9. The molecule has 0 aliphatic carbocycles. The summed E-state index contributed by atoms with van der Waals surface area (Å²) in [6.07, 6.45) is -4.72. The van der Waals surface area contributed by atoms with Crippen LogP contribution in [0, 0.1) is 0 Å². The molecule has 0 saturated carbocycles. The van der Waals surface area contributed by atoms with Crippen LogP contribution in [0.5, 0.6) is 0 Å². The van der Waals surface area contributed by atoms with Gasteiger partial charge < -0.3 is 0 Å². The van der Waals surface area contributed by atoms with Gasteiger partial charge in [-0.1, -0.05) is 34.8 Å². The molecule has 5 nitrogen and oxygen atoms in total. The number of halogens is 3. The summed E-state index contributed by atoms with van der Waals surface area (Å²) in [4.78, 5) is 11.1. The van der Waals surface area contributed by atoms with E-state index in [1.807, 2.05) is 6.07 Å². The van der Waals surface area contributed by atoms with Crippen molar-refractivity contribution in [3.63, 3.8) is 0 Å². The topological polar surface area (TPSA) is 67.2 Å². The number of hydrogen-bond donors (Lipinski definition) is 1. The molecular formula is C12H9F3N4OS. The molecule has 1 aromatic heterocycles. The van der Waals surface area contributed by atoms with Crippen LogP contribution in [-0.2, 0) is 6.18 Å². The zero-order valence-corrected chi connectivity index (χ0v) is 11.5. The molecule has 0 aliphatic rings. The third-order valence-corrected chi connectivity index (χ3v) is 3.20. The van der Waals surface area contributed by atoms with Gasteiger partial charge in [0.1, 0.15) is 4.88 Å². The second-order valence-electron chi connectivity index (χ2n) is 3.95. The maximum Gasteiger partial charge on any atom is 0.436 e. The first-order valence-corrected chi connectivity index (χ1v) is 6.46. The van der Waals surface area contributed by atoms with E-state index < -0.39 is 22.7 Å². The molecule has 2 aromatic rings. The van der Waals surface area contributed by atoms with E-state index in [2.05, 4.69) is 20.1 Å². The van der Waals surface area contributed by atoms with Gasteiger partial charge in [-0.3, -0.25) is 4.79 Å². The predicted molar refractivity (Wildman–Crippen MR) is 71.0 cm³/mol. The minimum Gasteiger partial charge on any atom is -0.266 e. The van der Waals surface area contributed by atoms with E-state index in [0.29, 0.717) is 17.2 Å². The number of aromatic nitrogens is 2. The van der Waals surface area contributed by atoms with Crippen LogP contribution in [0.25, 0.3) is 0 Å². The van der Waals surface area contributed by atoms with Crippen LogP contribution in [0.1, 0.15) is 27.9 Å². The van der Waals surface area contributed by atoms with Crippen LogP contribution in [0.3, 0.4) is 0 Å². The Balaban J connectivity index is 2.15. The van der Waals surface area contributed by atoms with Crippen molar-refractivity contribution in [2.45, 2.75) is 13.1 Å². The molecule has 1 amide bonds. The van der Waals surface area contributed by atoms with Crippen molar-refractivity contribution in [3.8, 4) is 0 Å². The van der Waals surface area contributed by atoms with Crippen LogP contribution < -0.4 is 5.43 Å². The number of nitrogens with zero attached hydrogens (tertiary/aromatic N) is 3. The Labute approximate surface area is 121 Å². The highest BCUT2D eigenvalue weighted by atomic mass is 32.1. The van der Waals surface area contributed by atoms with Crippen molar-refractivity contribution in [2.24, 2.45) is 5.10 Å². The van der Waals surface area contributed by atoms with E-state index in [0.717, 1.165) is 5.56 Å². The SMILES string of the molecule is C/C(=N\NC(=O)c1snnc1C(F)(F)F)c1ccccc1. The number of hydrogen-bond acceptors (Lipinski definition) is 5. The van der Waals surface area contributed by atoms with Gasteiger partial charge >= 0.3 is 6.18 Å². The van der Waals surface area contributed by atoms with Gasteiger partial charge in [0.25, 0.3) is 5.91 Å². The highest BCUT2D eigenvalue weighted by molar-refractivity contribution is 7.08.